The van der Waals surface area contributed by atoms with Gasteiger partial charge in [0, 0.05) is 19.3 Å². The van der Waals surface area contributed by atoms with Gasteiger partial charge in [0.25, 0.3) is 5.24 Å². The van der Waals surface area contributed by atoms with Crippen molar-refractivity contribution in [3.8, 4) is 0 Å². The topological polar surface area (TPSA) is 49.4 Å². The summed E-state index contributed by atoms with van der Waals surface area (Å²) in [5, 5.41) is 2.50. The van der Waals surface area contributed by atoms with Gasteiger partial charge in [0.15, 0.2) is 0 Å². The van der Waals surface area contributed by atoms with Gasteiger partial charge in [-0.15, -0.1) is 0 Å². The molecule has 0 bridgehead atoms. The minimum Gasteiger partial charge on any atom is -0.333 e. The number of thiol groups is 1. The van der Waals surface area contributed by atoms with Gasteiger partial charge >= 0.3 is 0 Å². The van der Waals surface area contributed by atoms with Gasteiger partial charge in [-0.25, -0.2) is 0 Å². The van der Waals surface area contributed by atoms with Crippen molar-refractivity contribution < 1.29 is 9.59 Å². The van der Waals surface area contributed by atoms with Crippen LogP contribution >= 0.6 is 12.6 Å². The van der Waals surface area contributed by atoms with Gasteiger partial charge in [-0.1, -0.05) is 24.8 Å². The Bertz CT molecular complexity index is 459. The first-order valence-corrected chi connectivity index (χ1v) is 5.36. The fraction of sp³-hybridized carbons (Fsp3) is 0.273. The third-order valence-electron chi connectivity index (χ3n) is 2.54. The highest BCUT2D eigenvalue weighted by molar-refractivity contribution is 7.96. The SMILES string of the molecule is CN(Cc1ccc2c(c1)CC(=O)N2)C(=O)S. The summed E-state index contributed by atoms with van der Waals surface area (Å²) in [6.07, 6.45) is 0.418. The Morgan fingerprint density at radius 2 is 2.31 bits per heavy atom. The molecule has 1 aromatic rings. The maximum absolute atomic E-state index is 11.2. The molecule has 0 aliphatic carbocycles. The Labute approximate surface area is 99.0 Å². The Hall–Kier alpha value is -1.49. The minimum absolute atomic E-state index is 0.0192. The highest BCUT2D eigenvalue weighted by Crippen LogP contribution is 2.24. The number of fused-ring (bicyclic) bond motifs is 1. The lowest BCUT2D eigenvalue weighted by Gasteiger charge is -2.14. The largest absolute Gasteiger partial charge is 0.333 e. The quantitative estimate of drug-likeness (QED) is 0.767. The molecule has 0 fully saturated rings. The van der Waals surface area contributed by atoms with E-state index in [1.165, 1.54) is 4.90 Å². The first-order chi connectivity index (χ1) is 7.56. The number of nitrogens with one attached hydrogen (secondary N) is 1. The van der Waals surface area contributed by atoms with Gasteiger partial charge < -0.3 is 10.2 Å². The summed E-state index contributed by atoms with van der Waals surface area (Å²) in [7, 11) is 1.69. The zero-order valence-corrected chi connectivity index (χ0v) is 9.75. The lowest BCUT2D eigenvalue weighted by Crippen LogP contribution is -2.20. The van der Waals surface area contributed by atoms with Gasteiger partial charge in [-0.05, 0) is 17.2 Å². The van der Waals surface area contributed by atoms with Crippen molar-refractivity contribution in [1.82, 2.24) is 4.90 Å². The van der Waals surface area contributed by atoms with Crippen molar-refractivity contribution >= 4 is 29.5 Å². The first kappa shape index (κ1) is 11.0. The average molecular weight is 236 g/mol. The molecular formula is C11H12N2O2S. The molecule has 0 saturated carbocycles. The van der Waals surface area contributed by atoms with Crippen molar-refractivity contribution in [1.29, 1.82) is 0 Å². The number of benzene rings is 1. The number of anilines is 1. The number of nitrogens with zero attached hydrogens (tertiary/aromatic N) is 1. The van der Waals surface area contributed by atoms with Crippen LogP contribution in [0, 0.1) is 0 Å². The van der Waals surface area contributed by atoms with Crippen LogP contribution in [0.15, 0.2) is 18.2 Å². The standard InChI is InChI=1S/C11H12N2O2S/c1-13(11(15)16)6-7-2-3-9-8(4-7)5-10(14)12-9/h2-4H,5-6H2,1H3,(H,12,14)(H,15,16). The summed E-state index contributed by atoms with van der Waals surface area (Å²) in [6, 6.07) is 5.71. The number of rotatable bonds is 2. The van der Waals surface area contributed by atoms with Crippen LogP contribution in [0.2, 0.25) is 0 Å². The van der Waals surface area contributed by atoms with Gasteiger partial charge in [-0.2, -0.15) is 0 Å². The van der Waals surface area contributed by atoms with Crippen molar-refractivity contribution in [3.63, 3.8) is 0 Å². The molecule has 16 heavy (non-hydrogen) atoms. The number of amides is 2. The van der Waals surface area contributed by atoms with Crippen LogP contribution < -0.4 is 5.32 Å². The fourth-order valence-corrected chi connectivity index (χ4v) is 1.79. The summed E-state index contributed by atoms with van der Waals surface area (Å²) >= 11 is 3.74. The molecule has 0 spiro atoms. The second-order valence-corrected chi connectivity index (χ2v) is 4.24. The molecule has 5 heteroatoms. The van der Waals surface area contributed by atoms with E-state index in [0.29, 0.717) is 13.0 Å². The molecule has 84 valence electrons. The number of carbonyl (C=O) groups is 2. The van der Waals surface area contributed by atoms with E-state index in [1.807, 2.05) is 18.2 Å². The summed E-state index contributed by atoms with van der Waals surface area (Å²) in [6.45, 7) is 0.504. The third-order valence-corrected chi connectivity index (χ3v) is 2.88. The van der Waals surface area contributed by atoms with E-state index >= 15 is 0 Å². The molecule has 2 amide bonds. The van der Waals surface area contributed by atoms with Crippen molar-refractivity contribution in [2.24, 2.45) is 0 Å². The molecule has 0 aromatic heterocycles. The molecule has 1 aliphatic heterocycles. The molecule has 0 atom stereocenters. The van der Waals surface area contributed by atoms with E-state index in [-0.39, 0.29) is 11.1 Å². The summed E-state index contributed by atoms with van der Waals surface area (Å²) in [4.78, 5) is 23.6. The summed E-state index contributed by atoms with van der Waals surface area (Å²) in [5.74, 6) is 0.0192. The predicted octanol–water partition coefficient (Wildman–Crippen LogP) is 1.66. The highest BCUT2D eigenvalue weighted by Gasteiger charge is 2.17. The number of hydrogen-bond donors (Lipinski definition) is 2. The van der Waals surface area contributed by atoms with Crippen LogP contribution in [0.4, 0.5) is 10.5 Å². The molecule has 1 N–H and O–H groups in total. The molecule has 0 radical (unpaired) electrons. The van der Waals surface area contributed by atoms with E-state index < -0.39 is 0 Å². The fourth-order valence-electron chi connectivity index (χ4n) is 1.72. The Kier molecular flexibility index (Phi) is 2.87. The Morgan fingerprint density at radius 1 is 1.56 bits per heavy atom. The maximum atomic E-state index is 11.2. The number of carbonyl (C=O) groups excluding carboxylic acids is 2. The van der Waals surface area contributed by atoms with Crippen LogP contribution in [0.3, 0.4) is 0 Å². The zero-order valence-electron chi connectivity index (χ0n) is 8.86. The second-order valence-electron chi connectivity index (χ2n) is 3.86. The highest BCUT2D eigenvalue weighted by atomic mass is 32.1. The lowest BCUT2D eigenvalue weighted by atomic mass is 10.1. The first-order valence-electron chi connectivity index (χ1n) is 4.92. The minimum atomic E-state index is -0.269. The van der Waals surface area contributed by atoms with Crippen LogP contribution in [0.1, 0.15) is 11.1 Å². The Balaban J connectivity index is 2.16. The van der Waals surface area contributed by atoms with Gasteiger partial charge in [0.2, 0.25) is 5.91 Å². The van der Waals surface area contributed by atoms with Crippen molar-refractivity contribution in [3.05, 3.63) is 29.3 Å². The van der Waals surface area contributed by atoms with E-state index in [1.54, 1.807) is 7.05 Å². The third kappa shape index (κ3) is 2.19. The monoisotopic (exact) mass is 236 g/mol. The molecule has 4 nitrogen and oxygen atoms in total. The normalized spacial score (nSPS) is 13.2. The zero-order chi connectivity index (χ0) is 11.7. The molecule has 0 unspecified atom stereocenters. The molecule has 0 saturated heterocycles. The van der Waals surface area contributed by atoms with E-state index in [4.69, 9.17) is 0 Å². The van der Waals surface area contributed by atoms with Crippen LogP contribution in [0.5, 0.6) is 0 Å². The van der Waals surface area contributed by atoms with Crippen molar-refractivity contribution in [2.75, 3.05) is 12.4 Å². The second kappa shape index (κ2) is 4.17. The summed E-state index contributed by atoms with van der Waals surface area (Å²) in [5.41, 5.74) is 2.86. The predicted molar refractivity (Wildman–Crippen MR) is 64.6 cm³/mol. The van der Waals surface area contributed by atoms with E-state index in [9.17, 15) is 9.59 Å². The molecule has 1 heterocycles. The van der Waals surface area contributed by atoms with Gasteiger partial charge in [0.05, 0.1) is 6.42 Å². The maximum Gasteiger partial charge on any atom is 0.278 e. The molecule has 1 aromatic carbocycles. The Morgan fingerprint density at radius 3 is 3.00 bits per heavy atom. The van der Waals surface area contributed by atoms with E-state index in [0.717, 1.165) is 16.8 Å². The van der Waals surface area contributed by atoms with Crippen molar-refractivity contribution in [2.45, 2.75) is 13.0 Å². The average Bonchev–Trinajstić information content (AvgIpc) is 2.57. The lowest BCUT2D eigenvalue weighted by molar-refractivity contribution is -0.115. The van der Waals surface area contributed by atoms with Crippen LogP contribution in [-0.4, -0.2) is 23.1 Å². The molecule has 1 aliphatic rings. The smallest absolute Gasteiger partial charge is 0.278 e. The van der Waals surface area contributed by atoms with Crippen LogP contribution in [-0.2, 0) is 17.8 Å². The molecule has 2 rings (SSSR count). The molecular weight excluding hydrogens is 224 g/mol. The number of hydrogen-bond acceptors (Lipinski definition) is 2. The van der Waals surface area contributed by atoms with Gasteiger partial charge in [0.1, 0.15) is 0 Å². The van der Waals surface area contributed by atoms with Crippen LogP contribution in [0.25, 0.3) is 0 Å². The van der Waals surface area contributed by atoms with E-state index in [2.05, 4.69) is 17.9 Å². The summed E-state index contributed by atoms with van der Waals surface area (Å²) < 4.78 is 0. The van der Waals surface area contributed by atoms with Gasteiger partial charge in [-0.3, -0.25) is 9.59 Å².